The molecule has 0 unspecified atom stereocenters. The summed E-state index contributed by atoms with van der Waals surface area (Å²) >= 11 is 0. The molecular weight excluding hydrogens is 396 g/mol. The van der Waals surface area contributed by atoms with Gasteiger partial charge in [0, 0.05) is 23.8 Å². The first-order valence-corrected chi connectivity index (χ1v) is 9.83. The van der Waals surface area contributed by atoms with Gasteiger partial charge in [0.25, 0.3) is 5.56 Å². The van der Waals surface area contributed by atoms with E-state index >= 15 is 0 Å². The van der Waals surface area contributed by atoms with E-state index in [9.17, 15) is 9.59 Å². The van der Waals surface area contributed by atoms with Gasteiger partial charge in [-0.2, -0.15) is 0 Å². The third kappa shape index (κ3) is 4.37. The number of carbonyl (C=O) groups is 1. The van der Waals surface area contributed by atoms with Gasteiger partial charge in [-0.25, -0.2) is 9.97 Å². The smallest absolute Gasteiger partial charge is 0.310 e. The molecule has 0 aliphatic heterocycles. The van der Waals surface area contributed by atoms with Crippen molar-refractivity contribution in [1.29, 1.82) is 0 Å². The average molecular weight is 418 g/mol. The molecule has 0 saturated carbocycles. The van der Waals surface area contributed by atoms with Gasteiger partial charge in [-0.3, -0.25) is 14.6 Å². The van der Waals surface area contributed by atoms with E-state index in [0.29, 0.717) is 33.9 Å². The van der Waals surface area contributed by atoms with Crippen molar-refractivity contribution in [3.05, 3.63) is 64.3 Å². The van der Waals surface area contributed by atoms with Crippen molar-refractivity contribution in [1.82, 2.24) is 19.9 Å². The lowest BCUT2D eigenvalue weighted by molar-refractivity contribution is -0.153. The number of nitrogens with zero attached hydrogens (tertiary/aromatic N) is 3. The highest BCUT2D eigenvalue weighted by Gasteiger charge is 2.19. The number of ether oxygens (including phenoxy) is 2. The molecule has 0 bridgehead atoms. The Labute approximate surface area is 178 Å². The predicted octanol–water partition coefficient (Wildman–Crippen LogP) is 3.85. The molecule has 0 aliphatic carbocycles. The van der Waals surface area contributed by atoms with Crippen LogP contribution in [0.1, 0.15) is 32.0 Å². The number of aromatic nitrogens is 4. The van der Waals surface area contributed by atoms with Crippen molar-refractivity contribution >= 4 is 28.0 Å². The standard InChI is InChI=1S/C23H22N4O4/c1-13-22(29)27-21-20(26-13)17(9-11-25-21)30-16-8-7-14(12-18(28)31-23(2,3)4)19-15(16)6-5-10-24-19/h5-11H,12H2,1-4H3,(H,25,27,29). The van der Waals surface area contributed by atoms with Gasteiger partial charge in [0.1, 0.15) is 22.6 Å². The molecule has 8 nitrogen and oxygen atoms in total. The summed E-state index contributed by atoms with van der Waals surface area (Å²) in [5.41, 5.74) is 1.67. The molecule has 3 heterocycles. The Bertz CT molecular complexity index is 1360. The van der Waals surface area contributed by atoms with Gasteiger partial charge >= 0.3 is 5.97 Å². The summed E-state index contributed by atoms with van der Waals surface area (Å²) in [6, 6.07) is 8.95. The second kappa shape index (κ2) is 7.79. The lowest BCUT2D eigenvalue weighted by Gasteiger charge is -2.20. The zero-order chi connectivity index (χ0) is 22.2. The number of esters is 1. The molecule has 0 saturated heterocycles. The van der Waals surface area contributed by atoms with Crippen LogP contribution in [-0.2, 0) is 16.0 Å². The van der Waals surface area contributed by atoms with Crippen molar-refractivity contribution in [2.75, 3.05) is 0 Å². The Kier molecular flexibility index (Phi) is 5.14. The second-order valence-corrected chi connectivity index (χ2v) is 8.15. The Hall–Kier alpha value is -3.81. The maximum absolute atomic E-state index is 12.3. The first-order chi connectivity index (χ1) is 14.7. The van der Waals surface area contributed by atoms with E-state index in [2.05, 4.69) is 19.9 Å². The zero-order valence-electron chi connectivity index (χ0n) is 17.7. The van der Waals surface area contributed by atoms with Crippen molar-refractivity contribution < 1.29 is 14.3 Å². The molecule has 3 aromatic heterocycles. The van der Waals surface area contributed by atoms with Crippen LogP contribution in [0.3, 0.4) is 0 Å². The van der Waals surface area contributed by atoms with Gasteiger partial charge in [-0.05, 0) is 51.5 Å². The molecule has 0 amide bonds. The highest BCUT2D eigenvalue weighted by atomic mass is 16.6. The average Bonchev–Trinajstić information content (AvgIpc) is 2.70. The summed E-state index contributed by atoms with van der Waals surface area (Å²) in [5.74, 6) is 0.681. The second-order valence-electron chi connectivity index (χ2n) is 8.15. The molecule has 0 atom stereocenters. The molecule has 0 fully saturated rings. The maximum Gasteiger partial charge on any atom is 0.310 e. The molecule has 1 aromatic carbocycles. The van der Waals surface area contributed by atoms with Crippen LogP contribution in [-0.4, -0.2) is 31.5 Å². The molecule has 8 heteroatoms. The minimum atomic E-state index is -0.558. The lowest BCUT2D eigenvalue weighted by Crippen LogP contribution is -2.25. The number of aromatic amines is 1. The Morgan fingerprint density at radius 1 is 1.03 bits per heavy atom. The van der Waals surface area contributed by atoms with Crippen LogP contribution >= 0.6 is 0 Å². The van der Waals surface area contributed by atoms with Gasteiger partial charge in [-0.1, -0.05) is 6.07 Å². The molecule has 31 heavy (non-hydrogen) atoms. The zero-order valence-corrected chi connectivity index (χ0v) is 17.7. The van der Waals surface area contributed by atoms with Gasteiger partial charge in [0.05, 0.1) is 11.9 Å². The van der Waals surface area contributed by atoms with E-state index in [1.54, 1.807) is 43.6 Å². The highest BCUT2D eigenvalue weighted by Crippen LogP contribution is 2.33. The molecular formula is C23H22N4O4. The van der Waals surface area contributed by atoms with E-state index in [0.717, 1.165) is 10.9 Å². The molecule has 4 aromatic rings. The number of carbonyl (C=O) groups excluding carboxylic acids is 1. The van der Waals surface area contributed by atoms with Crippen molar-refractivity contribution in [2.45, 2.75) is 39.7 Å². The Balaban J connectivity index is 1.74. The van der Waals surface area contributed by atoms with E-state index < -0.39 is 5.60 Å². The first kappa shape index (κ1) is 20.5. The van der Waals surface area contributed by atoms with Crippen LogP contribution in [0.25, 0.3) is 22.1 Å². The fourth-order valence-corrected chi connectivity index (χ4v) is 3.22. The summed E-state index contributed by atoms with van der Waals surface area (Å²) in [5, 5.41) is 0.745. The molecule has 158 valence electrons. The summed E-state index contributed by atoms with van der Waals surface area (Å²) in [4.78, 5) is 39.8. The number of H-pyrrole nitrogens is 1. The van der Waals surface area contributed by atoms with Crippen molar-refractivity contribution in [3.63, 3.8) is 0 Å². The normalized spacial score (nSPS) is 11.6. The van der Waals surface area contributed by atoms with Gasteiger partial charge < -0.3 is 14.5 Å². The predicted molar refractivity (Wildman–Crippen MR) is 116 cm³/mol. The number of aryl methyl sites for hydroxylation is 1. The number of rotatable bonds is 4. The van der Waals surface area contributed by atoms with Gasteiger partial charge in [0.2, 0.25) is 0 Å². The van der Waals surface area contributed by atoms with Crippen LogP contribution in [0, 0.1) is 6.92 Å². The maximum atomic E-state index is 12.3. The van der Waals surface area contributed by atoms with Crippen LogP contribution in [0.15, 0.2) is 47.5 Å². The quantitative estimate of drug-likeness (QED) is 0.502. The molecule has 4 rings (SSSR count). The fraction of sp³-hybridized carbons (Fsp3) is 0.261. The minimum absolute atomic E-state index is 0.102. The van der Waals surface area contributed by atoms with E-state index in [4.69, 9.17) is 9.47 Å². The summed E-state index contributed by atoms with van der Waals surface area (Å²) in [7, 11) is 0. The van der Waals surface area contributed by atoms with Crippen LogP contribution in [0.5, 0.6) is 11.5 Å². The van der Waals surface area contributed by atoms with Gasteiger partial charge in [-0.15, -0.1) is 0 Å². The fourth-order valence-electron chi connectivity index (χ4n) is 3.22. The van der Waals surface area contributed by atoms with Crippen molar-refractivity contribution in [3.8, 4) is 11.5 Å². The molecule has 1 N–H and O–H groups in total. The third-order valence-corrected chi connectivity index (χ3v) is 4.52. The topological polar surface area (TPSA) is 107 Å². The lowest BCUT2D eigenvalue weighted by atomic mass is 10.1. The summed E-state index contributed by atoms with van der Waals surface area (Å²) in [6.45, 7) is 7.13. The third-order valence-electron chi connectivity index (χ3n) is 4.52. The molecule has 0 radical (unpaired) electrons. The van der Waals surface area contributed by atoms with E-state index in [-0.39, 0.29) is 17.9 Å². The number of fused-ring (bicyclic) bond motifs is 2. The number of pyridine rings is 2. The number of hydrogen-bond acceptors (Lipinski definition) is 7. The summed E-state index contributed by atoms with van der Waals surface area (Å²) in [6.07, 6.45) is 3.31. The minimum Gasteiger partial charge on any atom is -0.460 e. The van der Waals surface area contributed by atoms with Crippen LogP contribution in [0.4, 0.5) is 0 Å². The highest BCUT2D eigenvalue weighted by molar-refractivity contribution is 5.91. The van der Waals surface area contributed by atoms with Crippen LogP contribution < -0.4 is 10.3 Å². The molecule has 0 aliphatic rings. The Morgan fingerprint density at radius 3 is 2.61 bits per heavy atom. The first-order valence-electron chi connectivity index (χ1n) is 9.83. The van der Waals surface area contributed by atoms with Crippen LogP contribution in [0.2, 0.25) is 0 Å². The number of nitrogens with one attached hydrogen (secondary N) is 1. The molecule has 0 spiro atoms. The number of benzene rings is 1. The van der Waals surface area contributed by atoms with Gasteiger partial charge in [0.15, 0.2) is 11.4 Å². The SMILES string of the molecule is Cc1nc2c(Oc3ccc(CC(=O)OC(C)(C)C)c4ncccc34)ccnc2[nH]c1=O. The monoisotopic (exact) mass is 418 g/mol. The Morgan fingerprint density at radius 2 is 1.84 bits per heavy atom. The largest absolute Gasteiger partial charge is 0.460 e. The summed E-state index contributed by atoms with van der Waals surface area (Å²) < 4.78 is 11.6. The van der Waals surface area contributed by atoms with E-state index in [1.807, 2.05) is 26.8 Å². The van der Waals surface area contributed by atoms with E-state index in [1.165, 1.54) is 0 Å². The number of hydrogen-bond donors (Lipinski definition) is 1. The van der Waals surface area contributed by atoms with Crippen molar-refractivity contribution in [2.24, 2.45) is 0 Å².